The smallest absolute Gasteiger partial charge is 0.160 e. The van der Waals surface area contributed by atoms with Gasteiger partial charge in [0.1, 0.15) is 5.71 Å². The predicted molar refractivity (Wildman–Crippen MR) is 53.2 cm³/mol. The van der Waals surface area contributed by atoms with Crippen LogP contribution in [0.15, 0.2) is 28.3 Å². The van der Waals surface area contributed by atoms with E-state index in [1.165, 1.54) is 12.3 Å². The van der Waals surface area contributed by atoms with E-state index in [1.54, 1.807) is 0 Å². The molecular weight excluding hydrogens is 204 g/mol. The van der Waals surface area contributed by atoms with E-state index in [9.17, 15) is 8.78 Å². The Morgan fingerprint density at radius 2 is 2.13 bits per heavy atom. The molecule has 1 rings (SSSR count). The number of hydrogen-bond donors (Lipinski definition) is 2. The topological polar surface area (TPSA) is 71.0 Å². The molecule has 0 amide bonds. The minimum absolute atomic E-state index is 0.139. The summed E-state index contributed by atoms with van der Waals surface area (Å²) in [6.07, 6.45) is 1.17. The Balaban J connectivity index is 2.85. The number of halogens is 2. The molecule has 80 valence electrons. The van der Waals surface area contributed by atoms with Gasteiger partial charge in [0.05, 0.1) is 18.5 Å². The van der Waals surface area contributed by atoms with Crippen LogP contribution in [0, 0.1) is 11.6 Å². The third kappa shape index (κ3) is 3.10. The molecule has 1 aromatic rings. The quantitative estimate of drug-likeness (QED) is 0.446. The largest absolute Gasteiger partial charge is 0.390 e. The Bertz CT molecular complexity index is 404. The summed E-state index contributed by atoms with van der Waals surface area (Å²) in [7, 11) is 0. The normalized spacial score (nSPS) is 12.3. The number of hydrogen-bond acceptors (Lipinski definition) is 4. The first-order chi connectivity index (χ1) is 7.17. The van der Waals surface area contributed by atoms with Gasteiger partial charge in [-0.15, -0.1) is 0 Å². The van der Waals surface area contributed by atoms with Crippen molar-refractivity contribution in [2.75, 3.05) is 6.61 Å². The third-order valence-electron chi connectivity index (χ3n) is 1.59. The van der Waals surface area contributed by atoms with Gasteiger partial charge in [-0.3, -0.25) is 4.99 Å². The molecule has 0 bridgehead atoms. The number of aliphatic hydroxyl groups is 1. The predicted octanol–water partition coefficient (Wildman–Crippen LogP) is 0.974. The summed E-state index contributed by atoms with van der Waals surface area (Å²) in [5.41, 5.74) is 0.350. The van der Waals surface area contributed by atoms with Crippen LogP contribution < -0.4 is 5.84 Å². The minimum Gasteiger partial charge on any atom is -0.390 e. The van der Waals surface area contributed by atoms with Crippen LogP contribution in [0.4, 0.5) is 14.5 Å². The Morgan fingerprint density at radius 3 is 2.67 bits per heavy atom. The molecule has 0 unspecified atom stereocenters. The van der Waals surface area contributed by atoms with E-state index in [0.29, 0.717) is 0 Å². The van der Waals surface area contributed by atoms with Gasteiger partial charge in [0.25, 0.3) is 0 Å². The fraction of sp³-hybridized carbons (Fsp3) is 0.111. The molecule has 0 aliphatic rings. The van der Waals surface area contributed by atoms with Crippen molar-refractivity contribution in [3.05, 3.63) is 29.8 Å². The summed E-state index contributed by atoms with van der Waals surface area (Å²) in [6.45, 7) is -0.371. The lowest BCUT2D eigenvalue weighted by Crippen LogP contribution is -2.08. The maximum absolute atomic E-state index is 12.7. The van der Waals surface area contributed by atoms with Crippen molar-refractivity contribution in [3.8, 4) is 0 Å². The number of aliphatic imine (C=N–C) groups is 1. The van der Waals surface area contributed by atoms with Gasteiger partial charge in [0.2, 0.25) is 0 Å². The summed E-state index contributed by atoms with van der Waals surface area (Å²) in [5.74, 6) is 2.98. The number of hydrazone groups is 1. The molecule has 0 spiro atoms. The molecule has 1 aromatic carbocycles. The molecule has 0 saturated heterocycles. The first kappa shape index (κ1) is 11.3. The molecular formula is C9H9F2N3O. The average molecular weight is 213 g/mol. The monoisotopic (exact) mass is 213 g/mol. The Morgan fingerprint density at radius 1 is 1.40 bits per heavy atom. The molecule has 0 radical (unpaired) electrons. The first-order valence-electron chi connectivity index (χ1n) is 4.04. The van der Waals surface area contributed by atoms with Crippen LogP contribution in [-0.2, 0) is 0 Å². The molecule has 0 atom stereocenters. The van der Waals surface area contributed by atoms with Crippen molar-refractivity contribution < 1.29 is 13.9 Å². The second-order valence-corrected chi connectivity index (χ2v) is 2.64. The van der Waals surface area contributed by atoms with Gasteiger partial charge in [0.15, 0.2) is 11.6 Å². The van der Waals surface area contributed by atoms with Crippen LogP contribution in [-0.4, -0.2) is 23.6 Å². The highest BCUT2D eigenvalue weighted by Crippen LogP contribution is 2.15. The maximum Gasteiger partial charge on any atom is 0.160 e. The summed E-state index contributed by atoms with van der Waals surface area (Å²) in [4.78, 5) is 3.75. The van der Waals surface area contributed by atoms with Crippen molar-refractivity contribution in [1.82, 2.24) is 0 Å². The molecule has 0 aromatic heterocycles. The van der Waals surface area contributed by atoms with Crippen LogP contribution in [0.5, 0.6) is 0 Å². The van der Waals surface area contributed by atoms with Crippen molar-refractivity contribution in [3.63, 3.8) is 0 Å². The van der Waals surface area contributed by atoms with Crippen molar-refractivity contribution in [2.45, 2.75) is 0 Å². The van der Waals surface area contributed by atoms with E-state index < -0.39 is 11.6 Å². The maximum atomic E-state index is 12.7. The van der Waals surface area contributed by atoms with Gasteiger partial charge >= 0.3 is 0 Å². The van der Waals surface area contributed by atoms with Gasteiger partial charge in [0, 0.05) is 6.07 Å². The van der Waals surface area contributed by atoms with E-state index in [2.05, 4.69) is 10.1 Å². The Kier molecular flexibility index (Phi) is 3.87. The second-order valence-electron chi connectivity index (χ2n) is 2.64. The standard InChI is InChI=1S/C9H9F2N3O/c10-8-2-1-6(3-9(8)11)13-4-7(5-15)14-12/h1-4,15H,5,12H2. The number of aliphatic hydroxyl groups excluding tert-OH is 1. The molecule has 0 fully saturated rings. The highest BCUT2D eigenvalue weighted by atomic mass is 19.2. The van der Waals surface area contributed by atoms with Gasteiger partial charge in [-0.1, -0.05) is 0 Å². The highest BCUT2D eigenvalue weighted by Gasteiger charge is 2.00. The van der Waals surface area contributed by atoms with Crippen molar-refractivity contribution in [1.29, 1.82) is 0 Å². The van der Waals surface area contributed by atoms with Crippen LogP contribution in [0.1, 0.15) is 0 Å². The zero-order valence-electron chi connectivity index (χ0n) is 7.69. The number of benzene rings is 1. The molecule has 6 heteroatoms. The lowest BCUT2D eigenvalue weighted by molar-refractivity contribution is 0.359. The van der Waals surface area contributed by atoms with Crippen LogP contribution >= 0.6 is 0 Å². The molecule has 0 heterocycles. The van der Waals surface area contributed by atoms with E-state index in [4.69, 9.17) is 10.9 Å². The molecule has 0 saturated carbocycles. The highest BCUT2D eigenvalue weighted by molar-refractivity contribution is 6.31. The van der Waals surface area contributed by atoms with E-state index in [-0.39, 0.29) is 18.0 Å². The molecule has 0 aliphatic heterocycles. The van der Waals surface area contributed by atoms with Crippen molar-refractivity contribution in [2.24, 2.45) is 15.9 Å². The zero-order valence-corrected chi connectivity index (χ0v) is 7.69. The summed E-state index contributed by atoms with van der Waals surface area (Å²) >= 11 is 0. The van der Waals surface area contributed by atoms with E-state index in [0.717, 1.165) is 12.1 Å². The van der Waals surface area contributed by atoms with Gasteiger partial charge in [-0.25, -0.2) is 8.78 Å². The van der Waals surface area contributed by atoms with Gasteiger partial charge in [-0.05, 0) is 12.1 Å². The lowest BCUT2D eigenvalue weighted by Gasteiger charge is -1.95. The number of nitrogens with zero attached hydrogens (tertiary/aromatic N) is 2. The van der Waals surface area contributed by atoms with Crippen molar-refractivity contribution >= 4 is 17.6 Å². The Labute approximate surface area is 84.8 Å². The van der Waals surface area contributed by atoms with Crippen LogP contribution in [0.2, 0.25) is 0 Å². The summed E-state index contributed by atoms with van der Waals surface area (Å²) in [5, 5.41) is 11.9. The second kappa shape index (κ2) is 5.16. The third-order valence-corrected chi connectivity index (χ3v) is 1.59. The van der Waals surface area contributed by atoms with E-state index >= 15 is 0 Å². The van der Waals surface area contributed by atoms with Gasteiger partial charge in [-0.2, -0.15) is 5.10 Å². The molecule has 15 heavy (non-hydrogen) atoms. The molecule has 0 aliphatic carbocycles. The average Bonchev–Trinajstić information content (AvgIpc) is 2.24. The fourth-order valence-corrected chi connectivity index (χ4v) is 0.829. The number of rotatable bonds is 3. The SMILES string of the molecule is NN=C(C=Nc1ccc(F)c(F)c1)CO. The molecule has 4 nitrogen and oxygen atoms in total. The fourth-order valence-electron chi connectivity index (χ4n) is 0.829. The van der Waals surface area contributed by atoms with Gasteiger partial charge < -0.3 is 10.9 Å². The van der Waals surface area contributed by atoms with E-state index in [1.807, 2.05) is 0 Å². The summed E-state index contributed by atoms with van der Waals surface area (Å²) in [6, 6.07) is 3.18. The lowest BCUT2D eigenvalue weighted by atomic mass is 10.3. The molecule has 3 N–H and O–H groups in total. The van der Waals surface area contributed by atoms with Crippen LogP contribution in [0.3, 0.4) is 0 Å². The first-order valence-corrected chi connectivity index (χ1v) is 4.04. The number of nitrogens with two attached hydrogens (primary N) is 1. The minimum atomic E-state index is -0.986. The van der Waals surface area contributed by atoms with Crippen LogP contribution in [0.25, 0.3) is 0 Å². The summed E-state index contributed by atoms with van der Waals surface area (Å²) < 4.78 is 25.2. The zero-order chi connectivity index (χ0) is 11.3. The Hall–Kier alpha value is -1.82.